The normalized spacial score (nSPS) is 23.1. The van der Waals surface area contributed by atoms with Crippen molar-refractivity contribution in [1.82, 2.24) is 0 Å². The molecule has 1 aromatic carbocycles. The van der Waals surface area contributed by atoms with Gasteiger partial charge >= 0.3 is 102 Å². The van der Waals surface area contributed by atoms with E-state index in [0.29, 0.717) is 20.9 Å². The zero-order valence-corrected chi connectivity index (χ0v) is 10.7. The van der Waals surface area contributed by atoms with Gasteiger partial charge in [0.1, 0.15) is 0 Å². The first-order valence-corrected chi connectivity index (χ1v) is 7.56. The van der Waals surface area contributed by atoms with Crippen LogP contribution in [0.1, 0.15) is 17.0 Å². The number of nitrogens with zero attached hydrogens (tertiary/aromatic N) is 1. The van der Waals surface area contributed by atoms with Crippen LogP contribution in [-0.2, 0) is 0 Å². The van der Waals surface area contributed by atoms with E-state index in [1.54, 1.807) is 0 Å². The number of benzene rings is 1. The van der Waals surface area contributed by atoms with Crippen LogP contribution in [0.25, 0.3) is 6.08 Å². The van der Waals surface area contributed by atoms with Crippen LogP contribution in [0.2, 0.25) is 5.32 Å². The second-order valence-corrected chi connectivity index (χ2v) is 6.38. The van der Waals surface area contributed by atoms with E-state index in [4.69, 9.17) is 0 Å². The molecule has 1 aliphatic carbocycles. The van der Waals surface area contributed by atoms with Crippen molar-refractivity contribution in [2.45, 2.75) is 11.2 Å². The third-order valence-electron chi connectivity index (χ3n) is 3.01. The van der Waals surface area contributed by atoms with Crippen molar-refractivity contribution in [2.75, 3.05) is 6.54 Å². The number of aliphatic imine (C=N–C) groups is 1. The molecule has 1 atom stereocenters. The Morgan fingerprint density at radius 2 is 2.12 bits per heavy atom. The zero-order valence-electron chi connectivity index (χ0n) is 9.02. The third kappa shape index (κ3) is 1.59. The molecule has 0 saturated heterocycles. The number of allylic oxidation sites excluding steroid dienone is 2. The predicted octanol–water partition coefficient (Wildman–Crippen LogP) is 2.89. The van der Waals surface area contributed by atoms with Gasteiger partial charge in [0, 0.05) is 0 Å². The summed E-state index contributed by atoms with van der Waals surface area (Å²) >= 11 is 0.575. The topological polar surface area (TPSA) is 12.4 Å². The molecule has 1 aliphatic heterocycles. The standard InChI is InChI=1S/C14H13NSe/c1-10-6-7-11-4-2-3-5-12(11)13(10)14-15-8-9-16-14/h2-7,13H,1,8-9H2. The summed E-state index contributed by atoms with van der Waals surface area (Å²) in [5, 5.41) is 1.26. The van der Waals surface area contributed by atoms with Crippen LogP contribution in [0, 0.1) is 0 Å². The Hall–Kier alpha value is -1.11. The second kappa shape index (κ2) is 4.04. The molecular weight excluding hydrogens is 261 g/mol. The summed E-state index contributed by atoms with van der Waals surface area (Å²) in [6.45, 7) is 5.20. The SMILES string of the molecule is C=C1C=Cc2ccccc2C1C1=NCC[Se]1. The van der Waals surface area contributed by atoms with Crippen LogP contribution in [0.3, 0.4) is 0 Å². The minimum atomic E-state index is 0.365. The van der Waals surface area contributed by atoms with Crippen LogP contribution in [0.5, 0.6) is 0 Å². The van der Waals surface area contributed by atoms with Crippen molar-refractivity contribution in [3.05, 3.63) is 53.6 Å². The number of fused-ring (bicyclic) bond motifs is 1. The third-order valence-corrected chi connectivity index (χ3v) is 5.21. The van der Waals surface area contributed by atoms with Gasteiger partial charge in [-0.25, -0.2) is 0 Å². The fourth-order valence-corrected chi connectivity index (χ4v) is 4.37. The number of hydrogen-bond donors (Lipinski definition) is 0. The van der Waals surface area contributed by atoms with E-state index in [0.717, 1.165) is 6.54 Å². The van der Waals surface area contributed by atoms with Crippen LogP contribution in [-0.4, -0.2) is 26.1 Å². The summed E-state index contributed by atoms with van der Waals surface area (Å²) in [5.74, 6) is 0.365. The van der Waals surface area contributed by atoms with E-state index < -0.39 is 0 Å². The van der Waals surface area contributed by atoms with Crippen LogP contribution >= 0.6 is 0 Å². The molecule has 1 unspecified atom stereocenters. The quantitative estimate of drug-likeness (QED) is 0.698. The maximum absolute atomic E-state index is 4.66. The molecule has 0 radical (unpaired) electrons. The first-order chi connectivity index (χ1) is 7.86. The van der Waals surface area contributed by atoms with E-state index >= 15 is 0 Å². The van der Waals surface area contributed by atoms with Crippen molar-refractivity contribution in [3.8, 4) is 0 Å². The van der Waals surface area contributed by atoms with E-state index in [1.807, 2.05) is 0 Å². The molecule has 80 valence electrons. The summed E-state index contributed by atoms with van der Waals surface area (Å²) in [6.07, 6.45) is 4.31. The molecule has 16 heavy (non-hydrogen) atoms. The van der Waals surface area contributed by atoms with Gasteiger partial charge in [-0.1, -0.05) is 0 Å². The Morgan fingerprint density at radius 3 is 2.94 bits per heavy atom. The second-order valence-electron chi connectivity index (χ2n) is 4.04. The van der Waals surface area contributed by atoms with Crippen molar-refractivity contribution in [1.29, 1.82) is 0 Å². The molecule has 0 spiro atoms. The van der Waals surface area contributed by atoms with Gasteiger partial charge in [0.05, 0.1) is 0 Å². The minimum absolute atomic E-state index is 0.365. The van der Waals surface area contributed by atoms with Gasteiger partial charge in [-0.15, -0.1) is 0 Å². The Bertz CT molecular complexity index is 499. The van der Waals surface area contributed by atoms with Crippen molar-refractivity contribution >= 4 is 25.6 Å². The average Bonchev–Trinajstić information content (AvgIpc) is 2.82. The van der Waals surface area contributed by atoms with Gasteiger partial charge in [-0.2, -0.15) is 0 Å². The summed E-state index contributed by atoms with van der Waals surface area (Å²) in [4.78, 5) is 4.66. The average molecular weight is 274 g/mol. The predicted molar refractivity (Wildman–Crippen MR) is 70.2 cm³/mol. The molecule has 0 saturated carbocycles. The fourth-order valence-electron chi connectivity index (χ4n) is 2.24. The number of rotatable bonds is 1. The Balaban J connectivity index is 2.10. The maximum atomic E-state index is 4.66. The zero-order chi connectivity index (χ0) is 11.0. The summed E-state index contributed by atoms with van der Waals surface area (Å²) < 4.78 is 1.38. The summed E-state index contributed by atoms with van der Waals surface area (Å²) in [5.41, 5.74) is 3.91. The fraction of sp³-hybridized carbons (Fsp3) is 0.214. The van der Waals surface area contributed by atoms with E-state index in [-0.39, 0.29) is 0 Å². The summed E-state index contributed by atoms with van der Waals surface area (Å²) in [7, 11) is 0. The van der Waals surface area contributed by atoms with Crippen molar-refractivity contribution in [3.63, 3.8) is 0 Å². The first-order valence-electron chi connectivity index (χ1n) is 5.49. The van der Waals surface area contributed by atoms with Gasteiger partial charge in [-0.3, -0.25) is 0 Å². The molecule has 3 rings (SSSR count). The van der Waals surface area contributed by atoms with Crippen molar-refractivity contribution in [2.24, 2.45) is 4.99 Å². The van der Waals surface area contributed by atoms with Gasteiger partial charge in [0.2, 0.25) is 0 Å². The molecule has 2 heteroatoms. The Kier molecular flexibility index (Phi) is 2.54. The van der Waals surface area contributed by atoms with Crippen LogP contribution < -0.4 is 0 Å². The Morgan fingerprint density at radius 1 is 1.25 bits per heavy atom. The first kappa shape index (κ1) is 10.1. The van der Waals surface area contributed by atoms with E-state index in [1.165, 1.54) is 26.6 Å². The molecule has 0 amide bonds. The molecule has 1 aromatic rings. The van der Waals surface area contributed by atoms with Crippen LogP contribution in [0.4, 0.5) is 0 Å². The molecule has 0 aromatic heterocycles. The molecule has 0 N–H and O–H groups in total. The molecule has 0 fully saturated rings. The summed E-state index contributed by atoms with van der Waals surface area (Å²) in [6, 6.07) is 8.59. The molecule has 0 bridgehead atoms. The molecular formula is C14H13NSe. The van der Waals surface area contributed by atoms with Gasteiger partial charge in [0.15, 0.2) is 0 Å². The van der Waals surface area contributed by atoms with Gasteiger partial charge < -0.3 is 0 Å². The van der Waals surface area contributed by atoms with Gasteiger partial charge in [0.25, 0.3) is 0 Å². The molecule has 1 nitrogen and oxygen atoms in total. The monoisotopic (exact) mass is 275 g/mol. The van der Waals surface area contributed by atoms with Crippen LogP contribution in [0.15, 0.2) is 47.5 Å². The van der Waals surface area contributed by atoms with E-state index in [9.17, 15) is 0 Å². The van der Waals surface area contributed by atoms with E-state index in [2.05, 4.69) is 48.0 Å². The molecule has 1 heterocycles. The number of hydrogen-bond acceptors (Lipinski definition) is 1. The Labute approximate surface area is 102 Å². The van der Waals surface area contributed by atoms with Gasteiger partial charge in [-0.05, 0) is 0 Å². The van der Waals surface area contributed by atoms with Crippen molar-refractivity contribution < 1.29 is 0 Å². The molecule has 2 aliphatic rings.